The Kier molecular flexibility index (Phi) is 6.24. The maximum atomic E-state index is 12.7. The smallest absolute Gasteiger partial charge is 0.237 e. The molecule has 1 amide bonds. The number of hydrogen-bond donors (Lipinski definition) is 1. The van der Waals surface area contributed by atoms with E-state index in [0.29, 0.717) is 0 Å². The lowest BCUT2D eigenvalue weighted by Gasteiger charge is -2.37. The highest BCUT2D eigenvalue weighted by molar-refractivity contribution is 5.82. The summed E-state index contributed by atoms with van der Waals surface area (Å²) in [5, 5.41) is 3.31. The van der Waals surface area contributed by atoms with E-state index in [1.54, 1.807) is 6.33 Å². The zero-order chi connectivity index (χ0) is 17.6. The normalized spacial score (nSPS) is 22.8. The predicted octanol–water partition coefficient (Wildman–Crippen LogP) is 2.00. The highest BCUT2D eigenvalue weighted by atomic mass is 16.2. The van der Waals surface area contributed by atoms with Gasteiger partial charge in [-0.3, -0.25) is 9.69 Å². The second kappa shape index (κ2) is 8.61. The van der Waals surface area contributed by atoms with E-state index < -0.39 is 0 Å². The molecule has 0 unspecified atom stereocenters. The first-order valence-corrected chi connectivity index (χ1v) is 9.81. The molecule has 0 saturated carbocycles. The monoisotopic (exact) mass is 345 g/mol. The number of hydrogen-bond acceptors (Lipinski definition) is 5. The number of nitrogens with zero attached hydrogens (tertiary/aromatic N) is 4. The van der Waals surface area contributed by atoms with Crippen molar-refractivity contribution in [1.82, 2.24) is 20.2 Å². The van der Waals surface area contributed by atoms with Crippen LogP contribution in [0.4, 0.5) is 5.82 Å². The van der Waals surface area contributed by atoms with Crippen LogP contribution in [0.3, 0.4) is 0 Å². The van der Waals surface area contributed by atoms with Crippen molar-refractivity contribution in [3.63, 3.8) is 0 Å². The number of anilines is 1. The second-order valence-corrected chi connectivity index (χ2v) is 7.13. The van der Waals surface area contributed by atoms with E-state index in [0.717, 1.165) is 63.4 Å². The van der Waals surface area contributed by atoms with Crippen LogP contribution in [0.15, 0.2) is 12.4 Å². The van der Waals surface area contributed by atoms with Crippen LogP contribution < -0.4 is 10.2 Å². The molecule has 0 aliphatic carbocycles. The van der Waals surface area contributed by atoms with Crippen molar-refractivity contribution < 1.29 is 4.79 Å². The Bertz CT molecular complexity index is 571. The Labute approximate surface area is 151 Å². The molecule has 2 aliphatic heterocycles. The molecule has 138 valence electrons. The fraction of sp³-hybridized carbons (Fsp3) is 0.737. The Morgan fingerprint density at radius 2 is 1.96 bits per heavy atom. The third kappa shape index (κ3) is 4.48. The molecule has 1 atom stereocenters. The third-order valence-corrected chi connectivity index (χ3v) is 5.56. The van der Waals surface area contributed by atoms with E-state index >= 15 is 0 Å². The molecule has 0 aromatic carbocycles. The Balaban J connectivity index is 1.51. The molecule has 3 heterocycles. The third-order valence-electron chi connectivity index (χ3n) is 5.56. The minimum absolute atomic E-state index is 0.0748. The van der Waals surface area contributed by atoms with Gasteiger partial charge in [-0.15, -0.1) is 0 Å². The fourth-order valence-corrected chi connectivity index (χ4v) is 3.97. The first-order chi connectivity index (χ1) is 12.2. The number of carbonyl (C=O) groups excluding carboxylic acids is 1. The van der Waals surface area contributed by atoms with Gasteiger partial charge in [0.15, 0.2) is 0 Å². The van der Waals surface area contributed by atoms with Crippen molar-refractivity contribution in [3.8, 4) is 0 Å². The summed E-state index contributed by atoms with van der Waals surface area (Å²) in [5.41, 5.74) is 1.08. The standard InChI is InChI=1S/C19H31N5O/c1-3-15-13-18(21-14-20-15)24-11-8-16(9-12-24)22-19(25)17-7-5-6-10-23(17)4-2/h13-14,16-17H,3-12H2,1-2H3,(H,22,25)/t17-/m1/s1. The van der Waals surface area contributed by atoms with Crippen molar-refractivity contribution >= 4 is 11.7 Å². The molecule has 6 nitrogen and oxygen atoms in total. The molecule has 6 heteroatoms. The minimum Gasteiger partial charge on any atom is -0.356 e. The van der Waals surface area contributed by atoms with Crippen molar-refractivity contribution in [2.75, 3.05) is 31.1 Å². The summed E-state index contributed by atoms with van der Waals surface area (Å²) in [6.45, 7) is 8.15. The first-order valence-electron chi connectivity index (χ1n) is 9.81. The molecule has 1 aromatic rings. The van der Waals surface area contributed by atoms with Crippen molar-refractivity contribution in [3.05, 3.63) is 18.1 Å². The van der Waals surface area contributed by atoms with E-state index in [-0.39, 0.29) is 18.0 Å². The van der Waals surface area contributed by atoms with Crippen LogP contribution in [0.2, 0.25) is 0 Å². The molecule has 3 rings (SSSR count). The van der Waals surface area contributed by atoms with Gasteiger partial charge in [0.2, 0.25) is 5.91 Å². The SMILES string of the molecule is CCc1cc(N2CCC(NC(=O)[C@H]3CCCCN3CC)CC2)ncn1. The van der Waals surface area contributed by atoms with Crippen LogP contribution in [-0.4, -0.2) is 59.0 Å². The number of carbonyl (C=O) groups is 1. The molecule has 0 bridgehead atoms. The summed E-state index contributed by atoms with van der Waals surface area (Å²) in [6.07, 6.45) is 7.93. The maximum Gasteiger partial charge on any atom is 0.237 e. The summed E-state index contributed by atoms with van der Waals surface area (Å²) in [6, 6.07) is 2.45. The molecule has 25 heavy (non-hydrogen) atoms. The average molecular weight is 345 g/mol. The lowest BCUT2D eigenvalue weighted by Crippen LogP contribution is -2.53. The zero-order valence-electron chi connectivity index (χ0n) is 15.6. The molecule has 0 radical (unpaired) electrons. The molecule has 0 spiro atoms. The van der Waals surface area contributed by atoms with E-state index in [1.807, 2.05) is 0 Å². The number of amides is 1. The maximum absolute atomic E-state index is 12.7. The van der Waals surface area contributed by atoms with Crippen LogP contribution in [0.5, 0.6) is 0 Å². The molecule has 1 N–H and O–H groups in total. The van der Waals surface area contributed by atoms with Gasteiger partial charge < -0.3 is 10.2 Å². The summed E-state index contributed by atoms with van der Waals surface area (Å²) < 4.78 is 0. The van der Waals surface area contributed by atoms with Gasteiger partial charge in [0, 0.05) is 30.9 Å². The lowest BCUT2D eigenvalue weighted by atomic mass is 9.99. The van der Waals surface area contributed by atoms with Gasteiger partial charge in [0.05, 0.1) is 6.04 Å². The molecule has 2 saturated heterocycles. The predicted molar refractivity (Wildman–Crippen MR) is 99.7 cm³/mol. The summed E-state index contributed by atoms with van der Waals surface area (Å²) in [7, 11) is 0. The molecule has 2 fully saturated rings. The number of likely N-dealkylation sites (tertiary alicyclic amines) is 1. The van der Waals surface area contributed by atoms with Crippen LogP contribution in [-0.2, 0) is 11.2 Å². The Morgan fingerprint density at radius 1 is 1.16 bits per heavy atom. The van der Waals surface area contributed by atoms with Gasteiger partial charge in [0.25, 0.3) is 0 Å². The number of aromatic nitrogens is 2. The van der Waals surface area contributed by atoms with Gasteiger partial charge in [-0.25, -0.2) is 9.97 Å². The minimum atomic E-state index is 0.0748. The number of rotatable bonds is 5. The van der Waals surface area contributed by atoms with Crippen LogP contribution in [0.25, 0.3) is 0 Å². The van der Waals surface area contributed by atoms with E-state index in [1.165, 1.54) is 12.8 Å². The number of aryl methyl sites for hydroxylation is 1. The number of nitrogens with one attached hydrogen (secondary N) is 1. The zero-order valence-corrected chi connectivity index (χ0v) is 15.6. The van der Waals surface area contributed by atoms with E-state index in [4.69, 9.17) is 0 Å². The highest BCUT2D eigenvalue weighted by Gasteiger charge is 2.30. The molecule has 2 aliphatic rings. The van der Waals surface area contributed by atoms with Gasteiger partial charge in [0.1, 0.15) is 12.1 Å². The number of piperidine rings is 2. The van der Waals surface area contributed by atoms with Crippen molar-refractivity contribution in [1.29, 1.82) is 0 Å². The summed E-state index contributed by atoms with van der Waals surface area (Å²) in [4.78, 5) is 26.0. The Morgan fingerprint density at radius 3 is 2.68 bits per heavy atom. The van der Waals surface area contributed by atoms with Gasteiger partial charge in [-0.2, -0.15) is 0 Å². The highest BCUT2D eigenvalue weighted by Crippen LogP contribution is 2.20. The summed E-state index contributed by atoms with van der Waals surface area (Å²) in [5.74, 6) is 1.25. The van der Waals surface area contributed by atoms with Crippen LogP contribution in [0, 0.1) is 0 Å². The molecular weight excluding hydrogens is 314 g/mol. The van der Waals surface area contributed by atoms with Crippen molar-refractivity contribution in [2.45, 2.75) is 64.5 Å². The fourth-order valence-electron chi connectivity index (χ4n) is 3.97. The van der Waals surface area contributed by atoms with Crippen LogP contribution in [0.1, 0.15) is 51.6 Å². The quantitative estimate of drug-likeness (QED) is 0.884. The van der Waals surface area contributed by atoms with Gasteiger partial charge >= 0.3 is 0 Å². The van der Waals surface area contributed by atoms with Crippen molar-refractivity contribution in [2.24, 2.45) is 0 Å². The molecular formula is C19H31N5O. The van der Waals surface area contributed by atoms with E-state index in [2.05, 4.69) is 45.0 Å². The lowest BCUT2D eigenvalue weighted by molar-refractivity contribution is -0.128. The van der Waals surface area contributed by atoms with Crippen LogP contribution >= 0.6 is 0 Å². The molecule has 1 aromatic heterocycles. The topological polar surface area (TPSA) is 61.4 Å². The summed E-state index contributed by atoms with van der Waals surface area (Å²) >= 11 is 0. The van der Waals surface area contributed by atoms with Gasteiger partial charge in [-0.1, -0.05) is 20.3 Å². The number of likely N-dealkylation sites (N-methyl/N-ethyl adjacent to an activating group) is 1. The first kappa shape index (κ1) is 18.1. The second-order valence-electron chi connectivity index (χ2n) is 7.13. The van der Waals surface area contributed by atoms with E-state index in [9.17, 15) is 4.79 Å². The van der Waals surface area contributed by atoms with Gasteiger partial charge in [-0.05, 0) is 45.2 Å². The average Bonchev–Trinajstić information content (AvgIpc) is 2.68. The Hall–Kier alpha value is -1.69. The largest absolute Gasteiger partial charge is 0.356 e.